The fourth-order valence-corrected chi connectivity index (χ4v) is 4.62. The third-order valence-electron chi connectivity index (χ3n) is 4.45. The maximum absolute atomic E-state index is 12.9. The van der Waals surface area contributed by atoms with Gasteiger partial charge in [-0.15, -0.1) is 0 Å². The van der Waals surface area contributed by atoms with Crippen LogP contribution in [-0.2, 0) is 10.0 Å². The molecule has 1 heterocycles. The van der Waals surface area contributed by atoms with Crippen molar-refractivity contribution < 1.29 is 18.3 Å². The van der Waals surface area contributed by atoms with E-state index < -0.39 is 16.0 Å². The van der Waals surface area contributed by atoms with Crippen molar-refractivity contribution in [3.8, 4) is 0 Å². The maximum atomic E-state index is 12.9. The Bertz CT molecular complexity index is 1010. The van der Waals surface area contributed by atoms with Gasteiger partial charge in [-0.1, -0.05) is 39.8 Å². The molecule has 1 aromatic carbocycles. The first-order valence-corrected chi connectivity index (χ1v) is 11.5. The predicted octanol–water partition coefficient (Wildman–Crippen LogP) is 4.32. The number of hydrogen-bond acceptors (Lipinski definition) is 5. The van der Waals surface area contributed by atoms with E-state index in [0.29, 0.717) is 36.3 Å². The van der Waals surface area contributed by atoms with Crippen LogP contribution < -0.4 is 9.62 Å². The number of benzene rings is 1. The number of aromatic nitrogens is 1. The van der Waals surface area contributed by atoms with Gasteiger partial charge in [-0.25, -0.2) is 18.2 Å². The Kier molecular flexibility index (Phi) is 7.47. The monoisotopic (exact) mass is 433 g/mol. The van der Waals surface area contributed by atoms with E-state index >= 15 is 0 Å². The SMILES string of the molecule is Cc1ccc(C)c(S(=O)(=O)Nc2cnc(N(CC(C)C)CC(C)C)c(C(=O)O)c2)c1. The summed E-state index contributed by atoms with van der Waals surface area (Å²) in [6.07, 6.45) is 1.37. The Morgan fingerprint density at radius 3 is 2.23 bits per heavy atom. The molecular weight excluding hydrogens is 402 g/mol. The van der Waals surface area contributed by atoms with Crippen molar-refractivity contribution >= 4 is 27.5 Å². The average molecular weight is 434 g/mol. The number of aryl methyl sites for hydroxylation is 2. The summed E-state index contributed by atoms with van der Waals surface area (Å²) in [4.78, 5) is 18.4. The van der Waals surface area contributed by atoms with Gasteiger partial charge in [0.05, 0.1) is 16.8 Å². The lowest BCUT2D eigenvalue weighted by molar-refractivity contribution is 0.0697. The van der Waals surface area contributed by atoms with Crippen molar-refractivity contribution in [2.24, 2.45) is 11.8 Å². The molecule has 0 unspecified atom stereocenters. The van der Waals surface area contributed by atoms with Crippen molar-refractivity contribution in [2.45, 2.75) is 46.4 Å². The van der Waals surface area contributed by atoms with Crippen molar-refractivity contribution in [1.29, 1.82) is 0 Å². The van der Waals surface area contributed by atoms with Crippen LogP contribution in [0.1, 0.15) is 49.2 Å². The molecule has 7 nitrogen and oxygen atoms in total. The molecule has 164 valence electrons. The highest BCUT2D eigenvalue weighted by atomic mass is 32.2. The van der Waals surface area contributed by atoms with Gasteiger partial charge in [0.1, 0.15) is 11.4 Å². The lowest BCUT2D eigenvalue weighted by Crippen LogP contribution is -2.33. The van der Waals surface area contributed by atoms with Crippen LogP contribution in [0, 0.1) is 25.7 Å². The first-order valence-electron chi connectivity index (χ1n) is 9.99. The molecule has 1 aromatic heterocycles. The van der Waals surface area contributed by atoms with E-state index in [0.717, 1.165) is 5.56 Å². The van der Waals surface area contributed by atoms with Gasteiger partial charge in [0.15, 0.2) is 0 Å². The van der Waals surface area contributed by atoms with Crippen LogP contribution in [0.25, 0.3) is 0 Å². The molecule has 0 bridgehead atoms. The number of rotatable bonds is 9. The van der Waals surface area contributed by atoms with Crippen LogP contribution in [0.2, 0.25) is 0 Å². The Morgan fingerprint density at radius 1 is 1.10 bits per heavy atom. The minimum absolute atomic E-state index is 0.0301. The van der Waals surface area contributed by atoms with E-state index in [1.807, 2.05) is 17.9 Å². The number of nitrogens with one attached hydrogen (secondary N) is 1. The second-order valence-corrected chi connectivity index (χ2v) is 10.1. The van der Waals surface area contributed by atoms with Crippen LogP contribution in [0.3, 0.4) is 0 Å². The zero-order chi connectivity index (χ0) is 22.6. The molecule has 0 saturated heterocycles. The summed E-state index contributed by atoms with van der Waals surface area (Å²) in [7, 11) is -3.88. The smallest absolute Gasteiger partial charge is 0.339 e. The molecule has 0 amide bonds. The highest BCUT2D eigenvalue weighted by Gasteiger charge is 2.23. The maximum Gasteiger partial charge on any atom is 0.339 e. The number of carboxylic acid groups (broad SMARTS) is 1. The number of pyridine rings is 1. The molecule has 0 saturated carbocycles. The van der Waals surface area contributed by atoms with Crippen LogP contribution in [0.15, 0.2) is 35.4 Å². The normalized spacial score (nSPS) is 11.7. The number of carboxylic acids is 1. The Hall–Kier alpha value is -2.61. The molecule has 0 aliphatic rings. The molecule has 30 heavy (non-hydrogen) atoms. The summed E-state index contributed by atoms with van der Waals surface area (Å²) in [5.74, 6) is -0.174. The van der Waals surface area contributed by atoms with Gasteiger partial charge in [0.2, 0.25) is 0 Å². The van der Waals surface area contributed by atoms with Crippen LogP contribution in [0.5, 0.6) is 0 Å². The van der Waals surface area contributed by atoms with Gasteiger partial charge < -0.3 is 10.0 Å². The van der Waals surface area contributed by atoms with Gasteiger partial charge in [-0.2, -0.15) is 0 Å². The molecule has 0 radical (unpaired) electrons. The fourth-order valence-electron chi connectivity index (χ4n) is 3.26. The number of carbonyl (C=O) groups is 1. The summed E-state index contributed by atoms with van der Waals surface area (Å²) in [6, 6.07) is 6.50. The van der Waals surface area contributed by atoms with E-state index in [1.54, 1.807) is 19.1 Å². The standard InChI is InChI=1S/C22H31N3O4S/c1-14(2)12-25(13-15(3)4)21-19(22(26)27)10-18(11-23-21)24-30(28,29)20-9-16(5)7-8-17(20)6/h7-11,14-15,24H,12-13H2,1-6H3,(H,26,27). The predicted molar refractivity (Wildman–Crippen MR) is 120 cm³/mol. The third kappa shape index (κ3) is 5.95. The molecule has 0 aliphatic carbocycles. The largest absolute Gasteiger partial charge is 0.478 e. The third-order valence-corrected chi connectivity index (χ3v) is 5.98. The molecule has 2 rings (SSSR count). The molecule has 0 aliphatic heterocycles. The van der Waals surface area contributed by atoms with Gasteiger partial charge in [-0.3, -0.25) is 4.72 Å². The number of nitrogens with zero attached hydrogens (tertiary/aromatic N) is 2. The summed E-state index contributed by atoms with van der Waals surface area (Å²) >= 11 is 0. The Balaban J connectivity index is 2.45. The molecule has 8 heteroatoms. The summed E-state index contributed by atoms with van der Waals surface area (Å²) < 4.78 is 28.2. The van der Waals surface area contributed by atoms with Gasteiger partial charge >= 0.3 is 5.97 Å². The summed E-state index contributed by atoms with van der Waals surface area (Å²) in [6.45, 7) is 13.1. The van der Waals surface area contributed by atoms with Crippen molar-refractivity contribution in [2.75, 3.05) is 22.7 Å². The molecule has 2 aromatic rings. The van der Waals surface area contributed by atoms with Crippen molar-refractivity contribution in [1.82, 2.24) is 4.98 Å². The zero-order valence-electron chi connectivity index (χ0n) is 18.4. The lowest BCUT2D eigenvalue weighted by Gasteiger charge is -2.28. The van der Waals surface area contributed by atoms with E-state index in [9.17, 15) is 18.3 Å². The number of anilines is 2. The molecule has 2 N–H and O–H groups in total. The van der Waals surface area contributed by atoms with Gasteiger partial charge in [0, 0.05) is 13.1 Å². The van der Waals surface area contributed by atoms with Crippen LogP contribution >= 0.6 is 0 Å². The second-order valence-electron chi connectivity index (χ2n) is 8.47. The number of sulfonamides is 1. The van der Waals surface area contributed by atoms with Crippen LogP contribution in [0.4, 0.5) is 11.5 Å². The average Bonchev–Trinajstić information content (AvgIpc) is 2.62. The lowest BCUT2D eigenvalue weighted by atomic mass is 10.1. The molecular formula is C22H31N3O4S. The van der Waals surface area contributed by atoms with Crippen LogP contribution in [-0.4, -0.2) is 37.6 Å². The Labute approximate surface area is 179 Å². The first kappa shape index (κ1) is 23.7. The first-order chi connectivity index (χ1) is 13.9. The van der Waals surface area contributed by atoms with E-state index in [4.69, 9.17) is 0 Å². The molecule has 0 atom stereocenters. The highest BCUT2D eigenvalue weighted by Crippen LogP contribution is 2.26. The number of aromatic carboxylic acids is 1. The van der Waals surface area contributed by atoms with Crippen molar-refractivity contribution in [3.63, 3.8) is 0 Å². The molecule has 0 spiro atoms. The zero-order valence-corrected chi connectivity index (χ0v) is 19.2. The second kappa shape index (κ2) is 9.47. The van der Waals surface area contributed by atoms with E-state index in [-0.39, 0.29) is 16.1 Å². The Morgan fingerprint density at radius 2 is 1.70 bits per heavy atom. The van der Waals surface area contributed by atoms with E-state index in [1.165, 1.54) is 12.3 Å². The summed E-state index contributed by atoms with van der Waals surface area (Å²) in [5, 5.41) is 9.76. The quantitative estimate of drug-likeness (QED) is 0.611. The topological polar surface area (TPSA) is 99.6 Å². The highest BCUT2D eigenvalue weighted by molar-refractivity contribution is 7.92. The molecule has 0 fully saturated rings. The summed E-state index contributed by atoms with van der Waals surface area (Å²) in [5.41, 5.74) is 1.51. The van der Waals surface area contributed by atoms with E-state index in [2.05, 4.69) is 37.4 Å². The fraction of sp³-hybridized carbons (Fsp3) is 0.455. The minimum Gasteiger partial charge on any atom is -0.478 e. The van der Waals surface area contributed by atoms with Gasteiger partial charge in [-0.05, 0) is 48.9 Å². The van der Waals surface area contributed by atoms with Crippen molar-refractivity contribution in [3.05, 3.63) is 47.2 Å². The minimum atomic E-state index is -3.88. The van der Waals surface area contributed by atoms with Gasteiger partial charge in [0.25, 0.3) is 10.0 Å². The number of hydrogen-bond donors (Lipinski definition) is 2.